The van der Waals surface area contributed by atoms with Crippen LogP contribution in [0.15, 0.2) is 12.4 Å². The molecule has 0 amide bonds. The number of nitrogens with zero attached hydrogens (tertiary/aromatic N) is 3. The van der Waals surface area contributed by atoms with Crippen LogP contribution < -0.4 is 10.2 Å². The van der Waals surface area contributed by atoms with E-state index in [1.807, 2.05) is 0 Å². The van der Waals surface area contributed by atoms with Gasteiger partial charge in [0.05, 0.1) is 0 Å². The molecule has 1 saturated heterocycles. The molecule has 0 bridgehead atoms. The maximum absolute atomic E-state index is 4.42. The first kappa shape index (κ1) is 15.2. The van der Waals surface area contributed by atoms with Crippen molar-refractivity contribution in [1.29, 1.82) is 0 Å². The van der Waals surface area contributed by atoms with Gasteiger partial charge in [0, 0.05) is 30.4 Å². The van der Waals surface area contributed by atoms with Gasteiger partial charge in [-0.15, -0.1) is 0 Å². The van der Waals surface area contributed by atoms with E-state index in [0.29, 0.717) is 0 Å². The lowest BCUT2D eigenvalue weighted by molar-refractivity contribution is 0.328. The van der Waals surface area contributed by atoms with Gasteiger partial charge in [0.25, 0.3) is 0 Å². The van der Waals surface area contributed by atoms with E-state index >= 15 is 0 Å². The van der Waals surface area contributed by atoms with E-state index in [0.717, 1.165) is 43.5 Å². The molecule has 1 aliphatic heterocycles. The van der Waals surface area contributed by atoms with Crippen molar-refractivity contribution in [2.45, 2.75) is 52.5 Å². The molecule has 1 N–H and O–H groups in total. The van der Waals surface area contributed by atoms with Crippen LogP contribution in [0.4, 0.5) is 5.82 Å². The van der Waals surface area contributed by atoms with Gasteiger partial charge in [-0.2, -0.15) is 0 Å². The zero-order chi connectivity index (χ0) is 14.6. The summed E-state index contributed by atoms with van der Waals surface area (Å²) in [5.41, 5.74) is 1.35. The number of nitrogens with one attached hydrogen (secondary N) is 1. The summed E-state index contributed by atoms with van der Waals surface area (Å²) in [4.78, 5) is 11.1. The summed E-state index contributed by atoms with van der Waals surface area (Å²) in [7, 11) is 0. The zero-order valence-corrected chi connectivity index (χ0v) is 13.3. The molecular formula is C16H28N4. The highest BCUT2D eigenvalue weighted by Crippen LogP contribution is 2.22. The summed E-state index contributed by atoms with van der Waals surface area (Å²) in [6.45, 7) is 12.2. The summed E-state index contributed by atoms with van der Waals surface area (Å²) in [5.74, 6) is 1.89. The molecule has 4 heteroatoms. The van der Waals surface area contributed by atoms with Gasteiger partial charge in [0.2, 0.25) is 0 Å². The molecule has 2 heterocycles. The lowest BCUT2D eigenvalue weighted by Gasteiger charge is -2.34. The molecule has 1 aliphatic rings. The molecule has 2 rings (SSSR count). The van der Waals surface area contributed by atoms with Crippen LogP contribution in [0.1, 0.15) is 46.2 Å². The highest BCUT2D eigenvalue weighted by molar-refractivity contribution is 5.39. The second-order valence-electron chi connectivity index (χ2n) is 6.78. The van der Waals surface area contributed by atoms with Crippen molar-refractivity contribution >= 4 is 5.82 Å². The number of piperidine rings is 1. The van der Waals surface area contributed by atoms with Gasteiger partial charge in [-0.1, -0.05) is 6.92 Å². The van der Waals surface area contributed by atoms with Gasteiger partial charge in [0.1, 0.15) is 12.1 Å². The second-order valence-corrected chi connectivity index (χ2v) is 6.78. The molecular weight excluding hydrogens is 248 g/mol. The quantitative estimate of drug-likeness (QED) is 0.918. The van der Waals surface area contributed by atoms with Crippen molar-refractivity contribution in [3.63, 3.8) is 0 Å². The number of anilines is 1. The van der Waals surface area contributed by atoms with Crippen LogP contribution in [-0.2, 0) is 6.42 Å². The number of rotatable bonds is 4. The van der Waals surface area contributed by atoms with Crippen LogP contribution in [-0.4, -0.2) is 35.1 Å². The Kier molecular flexibility index (Phi) is 4.97. The van der Waals surface area contributed by atoms with Crippen LogP contribution >= 0.6 is 0 Å². The third-order valence-electron chi connectivity index (χ3n) is 3.93. The maximum atomic E-state index is 4.42. The zero-order valence-electron chi connectivity index (χ0n) is 13.3. The maximum Gasteiger partial charge on any atom is 0.132 e. The van der Waals surface area contributed by atoms with Crippen LogP contribution in [0.5, 0.6) is 0 Å². The summed E-state index contributed by atoms with van der Waals surface area (Å²) >= 11 is 0. The predicted octanol–water partition coefficient (Wildman–Crippen LogP) is 2.64. The summed E-state index contributed by atoms with van der Waals surface area (Å²) in [6, 6.07) is 2.13. The molecule has 20 heavy (non-hydrogen) atoms. The average Bonchev–Trinajstić information content (AvgIpc) is 2.45. The average molecular weight is 276 g/mol. The fraction of sp³-hybridized carbons (Fsp3) is 0.750. The fourth-order valence-corrected chi connectivity index (χ4v) is 2.57. The molecule has 112 valence electrons. The van der Waals surface area contributed by atoms with Crippen LogP contribution in [0.25, 0.3) is 0 Å². The molecule has 0 radical (unpaired) electrons. The van der Waals surface area contributed by atoms with E-state index in [4.69, 9.17) is 0 Å². The second kappa shape index (κ2) is 6.53. The van der Waals surface area contributed by atoms with Crippen LogP contribution in [0, 0.1) is 5.92 Å². The predicted molar refractivity (Wildman–Crippen MR) is 84.1 cm³/mol. The summed E-state index contributed by atoms with van der Waals surface area (Å²) < 4.78 is 0. The minimum Gasteiger partial charge on any atom is -0.356 e. The molecule has 1 aromatic rings. The Hall–Kier alpha value is -1.16. The largest absolute Gasteiger partial charge is 0.356 e. The summed E-state index contributed by atoms with van der Waals surface area (Å²) in [5, 5.41) is 3.62. The molecule has 0 aromatic carbocycles. The molecule has 1 aromatic heterocycles. The van der Waals surface area contributed by atoms with Crippen molar-refractivity contribution < 1.29 is 0 Å². The van der Waals surface area contributed by atoms with Crippen molar-refractivity contribution in [2.75, 3.05) is 24.5 Å². The topological polar surface area (TPSA) is 41.0 Å². The van der Waals surface area contributed by atoms with Gasteiger partial charge in [-0.3, -0.25) is 0 Å². The first-order chi connectivity index (χ1) is 9.48. The van der Waals surface area contributed by atoms with Gasteiger partial charge in [0.15, 0.2) is 0 Å². The van der Waals surface area contributed by atoms with Crippen molar-refractivity contribution in [1.82, 2.24) is 15.3 Å². The normalized spacial score (nSPS) is 17.5. The number of hydrogen-bond acceptors (Lipinski definition) is 4. The van der Waals surface area contributed by atoms with Gasteiger partial charge in [-0.05, 0) is 52.5 Å². The standard InChI is InChI=1S/C16H28N4/c1-5-14-10-15(18-12-17-14)20-8-6-13(7-9-20)11-19-16(2,3)4/h10,12-13,19H,5-9,11H2,1-4H3. The molecule has 0 atom stereocenters. The van der Waals surface area contributed by atoms with E-state index in [2.05, 4.69) is 53.9 Å². The SMILES string of the molecule is CCc1cc(N2CCC(CNC(C)(C)C)CC2)ncn1. The Bertz CT molecular complexity index is 417. The van der Waals surface area contributed by atoms with Crippen LogP contribution in [0.2, 0.25) is 0 Å². The molecule has 0 saturated carbocycles. The molecule has 4 nitrogen and oxygen atoms in total. The molecule has 0 unspecified atom stereocenters. The Morgan fingerprint density at radius 1 is 1.25 bits per heavy atom. The Balaban J connectivity index is 1.84. The van der Waals surface area contributed by atoms with Crippen molar-refractivity contribution in [2.24, 2.45) is 5.92 Å². The summed E-state index contributed by atoms with van der Waals surface area (Å²) in [6.07, 6.45) is 5.16. The highest BCUT2D eigenvalue weighted by Gasteiger charge is 2.21. The number of aryl methyl sites for hydroxylation is 1. The van der Waals surface area contributed by atoms with Gasteiger partial charge < -0.3 is 10.2 Å². The van der Waals surface area contributed by atoms with Gasteiger partial charge in [-0.25, -0.2) is 9.97 Å². The minimum atomic E-state index is 0.222. The number of hydrogen-bond donors (Lipinski definition) is 1. The van der Waals surface area contributed by atoms with E-state index in [9.17, 15) is 0 Å². The monoisotopic (exact) mass is 276 g/mol. The third kappa shape index (κ3) is 4.44. The first-order valence-electron chi connectivity index (χ1n) is 7.79. The fourth-order valence-electron chi connectivity index (χ4n) is 2.57. The Labute approximate surface area is 123 Å². The van der Waals surface area contributed by atoms with E-state index in [-0.39, 0.29) is 5.54 Å². The lowest BCUT2D eigenvalue weighted by atomic mass is 9.95. The Morgan fingerprint density at radius 2 is 1.95 bits per heavy atom. The lowest BCUT2D eigenvalue weighted by Crippen LogP contribution is -2.43. The molecule has 1 fully saturated rings. The first-order valence-corrected chi connectivity index (χ1v) is 7.79. The van der Waals surface area contributed by atoms with E-state index < -0.39 is 0 Å². The van der Waals surface area contributed by atoms with Crippen molar-refractivity contribution in [3.05, 3.63) is 18.1 Å². The van der Waals surface area contributed by atoms with E-state index in [1.165, 1.54) is 12.8 Å². The van der Waals surface area contributed by atoms with Crippen LogP contribution in [0.3, 0.4) is 0 Å². The van der Waals surface area contributed by atoms with E-state index in [1.54, 1.807) is 6.33 Å². The third-order valence-corrected chi connectivity index (χ3v) is 3.93. The molecule has 0 aliphatic carbocycles. The van der Waals surface area contributed by atoms with Crippen molar-refractivity contribution in [3.8, 4) is 0 Å². The number of aromatic nitrogens is 2. The highest BCUT2D eigenvalue weighted by atomic mass is 15.2. The minimum absolute atomic E-state index is 0.222. The van der Waals surface area contributed by atoms with Gasteiger partial charge >= 0.3 is 0 Å². The molecule has 0 spiro atoms. The Morgan fingerprint density at radius 3 is 2.55 bits per heavy atom. The smallest absolute Gasteiger partial charge is 0.132 e.